The molecule has 0 N–H and O–H groups in total. The third-order valence-corrected chi connectivity index (χ3v) is 2.77. The molecule has 0 bridgehead atoms. The average molecular weight is 270 g/mol. The van der Waals surface area contributed by atoms with Crippen LogP contribution in [0.4, 0.5) is 0 Å². The second-order valence-electron chi connectivity index (χ2n) is 4.29. The number of ketones is 1. The number of aromatic nitrogens is 1. The van der Waals surface area contributed by atoms with Gasteiger partial charge in [-0.05, 0) is 18.2 Å². The van der Waals surface area contributed by atoms with Crippen molar-refractivity contribution in [2.75, 3.05) is 13.7 Å². The first-order valence-corrected chi connectivity index (χ1v) is 5.99. The first-order chi connectivity index (χ1) is 9.62. The van der Waals surface area contributed by atoms with Gasteiger partial charge in [-0.15, -0.1) is 0 Å². The van der Waals surface area contributed by atoms with Crippen LogP contribution in [-0.2, 0) is 7.05 Å². The highest BCUT2D eigenvalue weighted by Crippen LogP contribution is 2.22. The Labute approximate surface area is 117 Å². The molecule has 5 heteroatoms. The molecule has 0 aliphatic rings. The van der Waals surface area contributed by atoms with E-state index in [1.165, 1.54) is 7.11 Å². The quantitative estimate of drug-likeness (QED) is 0.781. The summed E-state index contributed by atoms with van der Waals surface area (Å²) in [4.78, 5) is 11.9. The molecule has 0 atom stereocenters. The predicted molar refractivity (Wildman–Crippen MR) is 72.9 cm³/mol. The van der Waals surface area contributed by atoms with Gasteiger partial charge in [0.25, 0.3) is 0 Å². The van der Waals surface area contributed by atoms with E-state index in [4.69, 9.17) is 14.7 Å². The first-order valence-electron chi connectivity index (χ1n) is 5.99. The smallest absolute Gasteiger partial charge is 0.201 e. The van der Waals surface area contributed by atoms with Gasteiger partial charge < -0.3 is 14.0 Å². The van der Waals surface area contributed by atoms with Crippen LogP contribution in [0.25, 0.3) is 0 Å². The second-order valence-corrected chi connectivity index (χ2v) is 4.29. The number of Topliss-reactive ketones (excluding diaryl/α,β-unsaturated/α-hetero) is 1. The largest absolute Gasteiger partial charge is 0.497 e. The van der Waals surface area contributed by atoms with E-state index < -0.39 is 0 Å². The standard InChI is InChI=1S/C15H14N2O3/c1-17-4-3-12(9-17)15(18)10-20-14-6-11(8-16)5-13(7-14)19-2/h3-7,9H,10H2,1-2H3. The molecule has 0 spiro atoms. The molecule has 1 heterocycles. The van der Waals surface area contributed by atoms with Gasteiger partial charge in [0.05, 0.1) is 18.7 Å². The number of aryl methyl sites for hydroxylation is 1. The number of hydrogen-bond acceptors (Lipinski definition) is 4. The molecule has 0 saturated carbocycles. The fourth-order valence-corrected chi connectivity index (χ4v) is 1.74. The Bertz CT molecular complexity index is 668. The van der Waals surface area contributed by atoms with Crippen molar-refractivity contribution in [1.82, 2.24) is 4.57 Å². The van der Waals surface area contributed by atoms with Crippen molar-refractivity contribution in [1.29, 1.82) is 5.26 Å². The molecule has 5 nitrogen and oxygen atoms in total. The minimum absolute atomic E-state index is 0.0813. The number of nitrogens with zero attached hydrogens (tertiary/aromatic N) is 2. The molecule has 0 aliphatic carbocycles. The summed E-state index contributed by atoms with van der Waals surface area (Å²) in [7, 11) is 3.36. The van der Waals surface area contributed by atoms with Crippen LogP contribution in [0.2, 0.25) is 0 Å². The molecule has 0 unspecified atom stereocenters. The fraction of sp³-hybridized carbons (Fsp3) is 0.200. The van der Waals surface area contributed by atoms with Gasteiger partial charge in [-0.1, -0.05) is 0 Å². The molecule has 20 heavy (non-hydrogen) atoms. The first kappa shape index (κ1) is 13.7. The predicted octanol–water partition coefficient (Wildman–Crippen LogP) is 2.17. The Kier molecular flexibility index (Phi) is 4.06. The molecule has 0 radical (unpaired) electrons. The average Bonchev–Trinajstić information content (AvgIpc) is 2.91. The minimum atomic E-state index is -0.119. The van der Waals surface area contributed by atoms with E-state index in [1.807, 2.05) is 13.1 Å². The molecule has 2 aromatic rings. The second kappa shape index (κ2) is 5.93. The van der Waals surface area contributed by atoms with Crippen LogP contribution in [0.15, 0.2) is 36.7 Å². The molecule has 0 fully saturated rings. The van der Waals surface area contributed by atoms with Gasteiger partial charge in [0.2, 0.25) is 5.78 Å². The number of carbonyl (C=O) groups excluding carboxylic acids is 1. The van der Waals surface area contributed by atoms with Gasteiger partial charge in [-0.3, -0.25) is 4.79 Å². The normalized spacial score (nSPS) is 9.85. The summed E-state index contributed by atoms with van der Waals surface area (Å²) in [6.45, 7) is -0.0813. The van der Waals surface area contributed by atoms with Crippen molar-refractivity contribution >= 4 is 5.78 Å². The maximum Gasteiger partial charge on any atom is 0.201 e. The molecule has 1 aromatic heterocycles. The van der Waals surface area contributed by atoms with Gasteiger partial charge in [0, 0.05) is 31.1 Å². The zero-order valence-corrected chi connectivity index (χ0v) is 11.3. The summed E-state index contributed by atoms with van der Waals surface area (Å²) < 4.78 is 12.3. The molecule has 0 saturated heterocycles. The van der Waals surface area contributed by atoms with Gasteiger partial charge in [0.1, 0.15) is 11.5 Å². The van der Waals surface area contributed by atoms with Crippen LogP contribution < -0.4 is 9.47 Å². The van der Waals surface area contributed by atoms with Crippen molar-refractivity contribution in [3.63, 3.8) is 0 Å². The van der Waals surface area contributed by atoms with Crippen LogP contribution >= 0.6 is 0 Å². The third kappa shape index (κ3) is 3.18. The highest BCUT2D eigenvalue weighted by Gasteiger charge is 2.09. The zero-order valence-electron chi connectivity index (χ0n) is 11.3. The minimum Gasteiger partial charge on any atom is -0.497 e. The topological polar surface area (TPSA) is 64.2 Å². The molecule has 2 rings (SSSR count). The molecule has 102 valence electrons. The van der Waals surface area contributed by atoms with Crippen LogP contribution in [-0.4, -0.2) is 24.1 Å². The fourth-order valence-electron chi connectivity index (χ4n) is 1.74. The number of ether oxygens (including phenoxy) is 2. The zero-order chi connectivity index (χ0) is 14.5. The summed E-state index contributed by atoms with van der Waals surface area (Å²) in [6, 6.07) is 8.56. The lowest BCUT2D eigenvalue weighted by Crippen LogP contribution is -2.11. The summed E-state index contributed by atoms with van der Waals surface area (Å²) in [5, 5.41) is 8.91. The van der Waals surface area contributed by atoms with Gasteiger partial charge in [-0.25, -0.2) is 0 Å². The van der Waals surface area contributed by atoms with Crippen molar-refractivity contribution in [2.45, 2.75) is 0 Å². The Balaban J connectivity index is 2.07. The van der Waals surface area contributed by atoms with Gasteiger partial charge in [0.15, 0.2) is 6.61 Å². The number of rotatable bonds is 5. The Morgan fingerprint density at radius 2 is 2.10 bits per heavy atom. The van der Waals surface area contributed by atoms with E-state index in [-0.39, 0.29) is 12.4 Å². The lowest BCUT2D eigenvalue weighted by Gasteiger charge is -2.07. The monoisotopic (exact) mass is 270 g/mol. The molecular formula is C15H14N2O3. The molecular weight excluding hydrogens is 256 g/mol. The maximum absolute atomic E-state index is 11.9. The number of nitriles is 1. The van der Waals surface area contributed by atoms with Crippen LogP contribution in [0.5, 0.6) is 11.5 Å². The lowest BCUT2D eigenvalue weighted by molar-refractivity contribution is 0.0921. The third-order valence-electron chi connectivity index (χ3n) is 2.77. The number of benzene rings is 1. The number of methoxy groups -OCH3 is 1. The van der Waals surface area contributed by atoms with Crippen molar-refractivity contribution in [3.05, 3.63) is 47.8 Å². The lowest BCUT2D eigenvalue weighted by atomic mass is 10.2. The van der Waals surface area contributed by atoms with Gasteiger partial charge in [-0.2, -0.15) is 5.26 Å². The Morgan fingerprint density at radius 3 is 2.70 bits per heavy atom. The maximum atomic E-state index is 11.9. The Hall–Kier alpha value is -2.74. The Morgan fingerprint density at radius 1 is 1.35 bits per heavy atom. The molecule has 0 amide bonds. The molecule has 0 aliphatic heterocycles. The van der Waals surface area contributed by atoms with Crippen molar-refractivity contribution in [3.8, 4) is 17.6 Å². The van der Waals surface area contributed by atoms with Gasteiger partial charge >= 0.3 is 0 Å². The highest BCUT2D eigenvalue weighted by molar-refractivity contribution is 5.97. The van der Waals surface area contributed by atoms with E-state index in [0.29, 0.717) is 22.6 Å². The summed E-state index contributed by atoms with van der Waals surface area (Å²) in [5.74, 6) is 0.836. The number of hydrogen-bond donors (Lipinski definition) is 0. The van der Waals surface area contributed by atoms with Crippen molar-refractivity contribution < 1.29 is 14.3 Å². The van der Waals surface area contributed by atoms with E-state index in [0.717, 1.165) is 0 Å². The van der Waals surface area contributed by atoms with E-state index in [9.17, 15) is 4.79 Å². The summed E-state index contributed by atoms with van der Waals surface area (Å²) in [5.41, 5.74) is 1.02. The van der Waals surface area contributed by atoms with E-state index in [2.05, 4.69) is 0 Å². The van der Waals surface area contributed by atoms with Crippen LogP contribution in [0.1, 0.15) is 15.9 Å². The summed E-state index contributed by atoms with van der Waals surface area (Å²) in [6.07, 6.45) is 3.53. The van der Waals surface area contributed by atoms with Crippen LogP contribution in [0, 0.1) is 11.3 Å². The van der Waals surface area contributed by atoms with Crippen molar-refractivity contribution in [2.24, 2.45) is 7.05 Å². The van der Waals surface area contributed by atoms with E-state index in [1.54, 1.807) is 41.2 Å². The highest BCUT2D eigenvalue weighted by atomic mass is 16.5. The summed E-state index contributed by atoms with van der Waals surface area (Å²) >= 11 is 0. The van der Waals surface area contributed by atoms with Crippen LogP contribution in [0.3, 0.4) is 0 Å². The SMILES string of the molecule is COc1cc(C#N)cc(OCC(=O)c2ccn(C)c2)c1. The molecule has 1 aromatic carbocycles. The number of carbonyl (C=O) groups is 1. The van der Waals surface area contributed by atoms with E-state index >= 15 is 0 Å².